The fourth-order valence-corrected chi connectivity index (χ4v) is 5.63. The second-order valence-electron chi connectivity index (χ2n) is 10.6. The molecule has 9 nitrogen and oxygen atoms in total. The van der Waals surface area contributed by atoms with Crippen molar-refractivity contribution >= 4 is 28.7 Å². The molecular weight excluding hydrogens is 520 g/mol. The number of hydrogen-bond donors (Lipinski definition) is 1. The van der Waals surface area contributed by atoms with Gasteiger partial charge in [0.15, 0.2) is 5.76 Å². The Morgan fingerprint density at radius 3 is 2.73 bits per heavy atom. The first-order valence-electron chi connectivity index (χ1n) is 14.0. The van der Waals surface area contributed by atoms with Gasteiger partial charge in [0, 0.05) is 43.3 Å². The normalized spacial score (nSPS) is 19.7. The molecule has 2 aromatic heterocycles. The summed E-state index contributed by atoms with van der Waals surface area (Å²) in [6.07, 6.45) is 5.00. The van der Waals surface area contributed by atoms with Gasteiger partial charge in [-0.15, -0.1) is 0 Å². The third-order valence-corrected chi connectivity index (χ3v) is 7.73. The first-order chi connectivity index (χ1) is 20.0. The number of nitrogens with one attached hydrogen (secondary N) is 1. The molecular formula is C32H32N4O5. The molecule has 1 saturated heterocycles. The zero-order chi connectivity index (χ0) is 28.2. The molecule has 2 aromatic carbocycles. The summed E-state index contributed by atoms with van der Waals surface area (Å²) in [6.45, 7) is 1.61. The van der Waals surface area contributed by atoms with Crippen LogP contribution in [0.3, 0.4) is 0 Å². The molecule has 2 bridgehead atoms. The number of fused-ring (bicyclic) bond motifs is 5. The summed E-state index contributed by atoms with van der Waals surface area (Å²) in [5.74, 6) is 0.216. The van der Waals surface area contributed by atoms with Crippen LogP contribution >= 0.6 is 0 Å². The molecule has 41 heavy (non-hydrogen) atoms. The van der Waals surface area contributed by atoms with Gasteiger partial charge in [-0.05, 0) is 54.3 Å². The lowest BCUT2D eigenvalue weighted by atomic mass is 9.94. The molecule has 0 radical (unpaired) electrons. The first kappa shape index (κ1) is 26.6. The predicted molar refractivity (Wildman–Crippen MR) is 152 cm³/mol. The third kappa shape index (κ3) is 6.09. The largest absolute Gasteiger partial charge is 0.494 e. The Labute approximate surface area is 238 Å². The Balaban J connectivity index is 1.23. The van der Waals surface area contributed by atoms with E-state index in [0.717, 1.165) is 28.7 Å². The average Bonchev–Trinajstić information content (AvgIpc) is 3.61. The lowest BCUT2D eigenvalue weighted by molar-refractivity contribution is -0.130. The standard InChI is InChI=1S/C32H32N4O5/c37-30-21-35(32(39)29-17-24-8-1-2-11-28(24)41-29)13-3-4-14-40-25-10-5-9-23(16-25)26-19-36(20-27(26)34-30)31(38)15-22-7-6-12-33-18-22/h1-2,5-12,16-18,26-27H,3-4,13-15,19-21H2,(H,34,37)/t26-,27+/m1/s1. The molecule has 6 rings (SSSR count). The molecule has 0 saturated carbocycles. The second-order valence-corrected chi connectivity index (χ2v) is 10.6. The van der Waals surface area contributed by atoms with Crippen molar-refractivity contribution in [3.8, 4) is 5.75 Å². The Kier molecular flexibility index (Phi) is 7.67. The van der Waals surface area contributed by atoms with Crippen molar-refractivity contribution in [2.24, 2.45) is 0 Å². The maximum absolute atomic E-state index is 13.5. The lowest BCUT2D eigenvalue weighted by Gasteiger charge is -2.25. The minimum Gasteiger partial charge on any atom is -0.494 e. The van der Waals surface area contributed by atoms with Crippen LogP contribution in [0.2, 0.25) is 0 Å². The number of para-hydroxylation sites is 1. The summed E-state index contributed by atoms with van der Waals surface area (Å²) in [7, 11) is 0. The van der Waals surface area contributed by atoms with E-state index in [1.165, 1.54) is 4.90 Å². The number of carbonyl (C=O) groups is 3. The number of benzene rings is 2. The number of nitrogens with zero attached hydrogens (tertiary/aromatic N) is 3. The number of furan rings is 1. The minimum atomic E-state index is -0.328. The van der Waals surface area contributed by atoms with Gasteiger partial charge in [0.1, 0.15) is 11.3 Å². The van der Waals surface area contributed by atoms with Gasteiger partial charge in [-0.2, -0.15) is 0 Å². The number of ether oxygens (including phenoxy) is 1. The topological polar surface area (TPSA) is 105 Å². The van der Waals surface area contributed by atoms with Crippen molar-refractivity contribution in [2.45, 2.75) is 31.2 Å². The molecule has 2 atom stereocenters. The molecule has 0 aliphatic carbocycles. The van der Waals surface area contributed by atoms with Crippen LogP contribution in [0.4, 0.5) is 0 Å². The summed E-state index contributed by atoms with van der Waals surface area (Å²) in [5.41, 5.74) is 2.47. The average molecular weight is 553 g/mol. The van der Waals surface area contributed by atoms with Crippen LogP contribution in [0.5, 0.6) is 5.75 Å². The number of amides is 3. The third-order valence-electron chi connectivity index (χ3n) is 7.73. The number of pyridine rings is 1. The summed E-state index contributed by atoms with van der Waals surface area (Å²) in [6, 6.07) is 20.4. The van der Waals surface area contributed by atoms with Crippen molar-refractivity contribution in [2.75, 3.05) is 32.8 Å². The van der Waals surface area contributed by atoms with Crippen molar-refractivity contribution in [3.05, 3.63) is 96.0 Å². The van der Waals surface area contributed by atoms with E-state index in [1.807, 2.05) is 60.7 Å². The van der Waals surface area contributed by atoms with Crippen molar-refractivity contribution in [1.82, 2.24) is 20.1 Å². The van der Waals surface area contributed by atoms with Crippen molar-refractivity contribution in [1.29, 1.82) is 0 Å². The van der Waals surface area contributed by atoms with Gasteiger partial charge in [-0.1, -0.05) is 36.4 Å². The van der Waals surface area contributed by atoms with Crippen molar-refractivity contribution in [3.63, 3.8) is 0 Å². The number of carbonyl (C=O) groups excluding carboxylic acids is 3. The highest BCUT2D eigenvalue weighted by Crippen LogP contribution is 2.31. The number of hydrogen-bond acceptors (Lipinski definition) is 6. The maximum Gasteiger partial charge on any atom is 0.290 e. The lowest BCUT2D eigenvalue weighted by Crippen LogP contribution is -2.47. The van der Waals surface area contributed by atoms with Gasteiger partial charge in [0.2, 0.25) is 11.8 Å². The highest BCUT2D eigenvalue weighted by Gasteiger charge is 2.37. The van der Waals surface area contributed by atoms with E-state index in [0.29, 0.717) is 38.2 Å². The van der Waals surface area contributed by atoms with Gasteiger partial charge in [0.25, 0.3) is 5.91 Å². The quantitative estimate of drug-likeness (QED) is 0.415. The Morgan fingerprint density at radius 1 is 0.976 bits per heavy atom. The predicted octanol–water partition coefficient (Wildman–Crippen LogP) is 3.80. The summed E-state index contributed by atoms with van der Waals surface area (Å²) in [4.78, 5) is 47.6. The smallest absolute Gasteiger partial charge is 0.290 e. The van der Waals surface area contributed by atoms with E-state index >= 15 is 0 Å². The van der Waals surface area contributed by atoms with Gasteiger partial charge < -0.3 is 24.3 Å². The Hall–Kier alpha value is -4.66. The van der Waals surface area contributed by atoms with E-state index in [9.17, 15) is 14.4 Å². The molecule has 1 fully saturated rings. The van der Waals surface area contributed by atoms with E-state index in [4.69, 9.17) is 9.15 Å². The Bertz CT molecular complexity index is 1520. The molecule has 1 N–H and O–H groups in total. The molecule has 0 unspecified atom stereocenters. The van der Waals surface area contributed by atoms with E-state index < -0.39 is 0 Å². The van der Waals surface area contributed by atoms with E-state index in [-0.39, 0.29) is 48.4 Å². The molecule has 4 heterocycles. The SMILES string of the molecule is O=C1CN(C(=O)c2cc3ccccc3o2)CCCCOc2cccc(c2)[C@H]2CN(C(=O)Cc3cccnc3)C[C@@H]2N1. The van der Waals surface area contributed by atoms with Gasteiger partial charge >= 0.3 is 0 Å². The van der Waals surface area contributed by atoms with Crippen LogP contribution in [0.1, 0.15) is 40.4 Å². The van der Waals surface area contributed by atoms with Crippen LogP contribution in [0.15, 0.2) is 83.5 Å². The first-order valence-corrected chi connectivity index (χ1v) is 14.0. The van der Waals surface area contributed by atoms with Gasteiger partial charge in [-0.3, -0.25) is 19.4 Å². The summed E-state index contributed by atoms with van der Waals surface area (Å²) >= 11 is 0. The number of rotatable bonds is 3. The van der Waals surface area contributed by atoms with Crippen LogP contribution in [-0.2, 0) is 16.0 Å². The Morgan fingerprint density at radius 2 is 1.88 bits per heavy atom. The van der Waals surface area contributed by atoms with Crippen LogP contribution in [0.25, 0.3) is 11.0 Å². The molecule has 2 aliphatic rings. The van der Waals surface area contributed by atoms with Crippen LogP contribution in [-0.4, -0.2) is 71.3 Å². The van der Waals surface area contributed by atoms with Crippen molar-refractivity contribution < 1.29 is 23.5 Å². The van der Waals surface area contributed by atoms with Gasteiger partial charge in [0.05, 0.1) is 25.6 Å². The minimum absolute atomic E-state index is 0.0215. The molecule has 0 spiro atoms. The maximum atomic E-state index is 13.5. The second kappa shape index (κ2) is 11.8. The molecule has 2 aliphatic heterocycles. The fraction of sp³-hybridized carbons (Fsp3) is 0.312. The number of likely N-dealkylation sites (tertiary alicyclic amines) is 1. The molecule has 4 aromatic rings. The molecule has 9 heteroatoms. The highest BCUT2D eigenvalue weighted by atomic mass is 16.5. The summed E-state index contributed by atoms with van der Waals surface area (Å²) in [5, 5.41) is 3.98. The fourth-order valence-electron chi connectivity index (χ4n) is 5.63. The van der Waals surface area contributed by atoms with Crippen LogP contribution < -0.4 is 10.1 Å². The number of aromatic nitrogens is 1. The summed E-state index contributed by atoms with van der Waals surface area (Å²) < 4.78 is 11.9. The van der Waals surface area contributed by atoms with Crippen LogP contribution in [0, 0.1) is 0 Å². The zero-order valence-electron chi connectivity index (χ0n) is 22.7. The zero-order valence-corrected chi connectivity index (χ0v) is 22.7. The van der Waals surface area contributed by atoms with E-state index in [2.05, 4.69) is 10.3 Å². The van der Waals surface area contributed by atoms with Gasteiger partial charge in [-0.25, -0.2) is 0 Å². The highest BCUT2D eigenvalue weighted by molar-refractivity contribution is 5.98. The molecule has 210 valence electrons. The molecule has 3 amide bonds. The van der Waals surface area contributed by atoms with E-state index in [1.54, 1.807) is 23.4 Å². The monoisotopic (exact) mass is 552 g/mol.